The summed E-state index contributed by atoms with van der Waals surface area (Å²) in [6.07, 6.45) is -2.72. The van der Waals surface area contributed by atoms with Crippen LogP contribution in [0.25, 0.3) is 0 Å². The molecule has 0 saturated heterocycles. The minimum atomic E-state index is -4.54. The molecule has 3 aromatic rings. The van der Waals surface area contributed by atoms with Crippen LogP contribution in [0.1, 0.15) is 40.9 Å². The van der Waals surface area contributed by atoms with Gasteiger partial charge in [-0.05, 0) is 47.7 Å². The maximum atomic E-state index is 12.8. The minimum absolute atomic E-state index is 0.0447. The van der Waals surface area contributed by atoms with Crippen molar-refractivity contribution in [2.24, 2.45) is 0 Å². The van der Waals surface area contributed by atoms with Gasteiger partial charge in [0.25, 0.3) is 0 Å². The van der Waals surface area contributed by atoms with E-state index in [-0.39, 0.29) is 11.7 Å². The number of alkyl halides is 5. The Morgan fingerprint density at radius 2 is 1.71 bits per heavy atom. The summed E-state index contributed by atoms with van der Waals surface area (Å²) in [6, 6.07) is 16.0. The van der Waals surface area contributed by atoms with Crippen molar-refractivity contribution in [2.75, 3.05) is 7.05 Å². The molecule has 1 amide bonds. The van der Waals surface area contributed by atoms with Crippen LogP contribution in [0, 0.1) is 0 Å². The van der Waals surface area contributed by atoms with Crippen LogP contribution < -0.4 is 15.4 Å². The van der Waals surface area contributed by atoms with E-state index in [9.17, 15) is 26.7 Å². The maximum Gasteiger partial charge on any atom is 0.433 e. The highest BCUT2D eigenvalue weighted by molar-refractivity contribution is 5.83. The number of pyridine rings is 1. The van der Waals surface area contributed by atoms with Crippen molar-refractivity contribution in [3.8, 4) is 5.75 Å². The van der Waals surface area contributed by atoms with Crippen LogP contribution >= 0.6 is 0 Å². The number of rotatable bonds is 10. The van der Waals surface area contributed by atoms with Crippen molar-refractivity contribution in [1.29, 1.82) is 0 Å². The summed E-state index contributed by atoms with van der Waals surface area (Å²) in [5, 5.41) is 5.88. The number of aryl methyl sites for hydroxylation is 1. The Bertz CT molecular complexity index is 1090. The summed E-state index contributed by atoms with van der Waals surface area (Å²) >= 11 is 0. The lowest BCUT2D eigenvalue weighted by Gasteiger charge is -2.26. The average Bonchev–Trinajstić information content (AvgIpc) is 2.84. The number of likely N-dealkylation sites (N-methyl/N-ethyl adjacent to an activating group) is 1. The van der Waals surface area contributed by atoms with Crippen molar-refractivity contribution < 1.29 is 31.5 Å². The van der Waals surface area contributed by atoms with Gasteiger partial charge >= 0.3 is 12.8 Å². The summed E-state index contributed by atoms with van der Waals surface area (Å²) in [5.74, 6) is -0.353. The molecule has 0 aliphatic carbocycles. The zero-order valence-electron chi connectivity index (χ0n) is 18.7. The molecule has 0 spiro atoms. The second-order valence-electron chi connectivity index (χ2n) is 7.72. The Labute approximate surface area is 199 Å². The van der Waals surface area contributed by atoms with Gasteiger partial charge in [0, 0.05) is 19.3 Å². The highest BCUT2D eigenvalue weighted by Gasteiger charge is 2.32. The van der Waals surface area contributed by atoms with Gasteiger partial charge in [-0.15, -0.1) is 0 Å². The minimum Gasteiger partial charge on any atom is -0.435 e. The van der Waals surface area contributed by atoms with Crippen molar-refractivity contribution in [2.45, 2.75) is 37.7 Å². The quantitative estimate of drug-likeness (QED) is 0.369. The number of ether oxygens (including phenoxy) is 1. The van der Waals surface area contributed by atoms with E-state index in [1.54, 1.807) is 36.4 Å². The SMILES string of the molecule is CNC(=O)[C@H](N[C@@H](CCc1ccc(C(F)(F)F)nc1)c1cccc(OC(F)F)c1)c1ccccc1. The van der Waals surface area contributed by atoms with Gasteiger partial charge in [-0.1, -0.05) is 48.5 Å². The van der Waals surface area contributed by atoms with Crippen LogP contribution in [0.5, 0.6) is 5.75 Å². The van der Waals surface area contributed by atoms with Crippen LogP contribution in [0.15, 0.2) is 72.9 Å². The number of amides is 1. The first-order chi connectivity index (χ1) is 16.7. The van der Waals surface area contributed by atoms with E-state index in [0.29, 0.717) is 29.5 Å². The monoisotopic (exact) mass is 493 g/mol. The number of halogens is 5. The van der Waals surface area contributed by atoms with Crippen molar-refractivity contribution in [3.63, 3.8) is 0 Å². The first-order valence-electron chi connectivity index (χ1n) is 10.8. The Hall–Kier alpha value is -3.53. The Morgan fingerprint density at radius 3 is 2.31 bits per heavy atom. The highest BCUT2D eigenvalue weighted by atomic mass is 19.4. The van der Waals surface area contributed by atoms with Gasteiger partial charge in [0.2, 0.25) is 5.91 Å². The maximum absolute atomic E-state index is 12.8. The third kappa shape index (κ3) is 7.48. The van der Waals surface area contributed by atoms with E-state index >= 15 is 0 Å². The van der Waals surface area contributed by atoms with Gasteiger partial charge in [-0.25, -0.2) is 0 Å². The molecule has 10 heteroatoms. The standard InChI is InChI=1S/C25H24F5N3O2/c1-31-23(34)22(17-6-3-2-4-7-17)33-20(18-8-5-9-19(14-18)35-24(26)27)12-10-16-11-13-21(32-15-16)25(28,29)30/h2-9,11,13-15,20,22,24,33H,10,12H2,1H3,(H,31,34)/t20-,22+/m0/s1. The molecule has 186 valence electrons. The van der Waals surface area contributed by atoms with Crippen LogP contribution in [0.3, 0.4) is 0 Å². The summed E-state index contributed by atoms with van der Waals surface area (Å²) in [5.41, 5.74) is 0.832. The van der Waals surface area contributed by atoms with Gasteiger partial charge in [-0.2, -0.15) is 22.0 Å². The molecule has 1 heterocycles. The molecule has 0 radical (unpaired) electrons. The molecule has 2 atom stereocenters. The van der Waals surface area contributed by atoms with Crippen LogP contribution in [0.4, 0.5) is 22.0 Å². The molecular weight excluding hydrogens is 469 g/mol. The summed E-state index contributed by atoms with van der Waals surface area (Å²) < 4.78 is 68.5. The molecule has 0 aliphatic rings. The Kier molecular flexibility index (Phi) is 8.75. The van der Waals surface area contributed by atoms with E-state index in [1.165, 1.54) is 25.2 Å². The number of hydrogen-bond acceptors (Lipinski definition) is 4. The Balaban J connectivity index is 1.88. The number of hydrogen-bond donors (Lipinski definition) is 2. The molecular formula is C25H24F5N3O2. The molecule has 0 aliphatic heterocycles. The topological polar surface area (TPSA) is 63.2 Å². The fraction of sp³-hybridized carbons (Fsp3) is 0.280. The molecule has 0 bridgehead atoms. The number of carbonyl (C=O) groups excluding carboxylic acids is 1. The largest absolute Gasteiger partial charge is 0.435 e. The third-order valence-electron chi connectivity index (χ3n) is 5.33. The van der Waals surface area contributed by atoms with E-state index in [2.05, 4.69) is 20.4 Å². The van der Waals surface area contributed by atoms with Crippen molar-refractivity contribution in [1.82, 2.24) is 15.6 Å². The third-order valence-corrected chi connectivity index (χ3v) is 5.33. The van der Waals surface area contributed by atoms with Crippen LogP contribution in [0.2, 0.25) is 0 Å². The first-order valence-corrected chi connectivity index (χ1v) is 10.8. The smallest absolute Gasteiger partial charge is 0.433 e. The van der Waals surface area contributed by atoms with Gasteiger partial charge in [0.05, 0.1) is 0 Å². The molecule has 5 nitrogen and oxygen atoms in total. The fourth-order valence-electron chi connectivity index (χ4n) is 3.62. The van der Waals surface area contributed by atoms with Crippen LogP contribution in [-0.4, -0.2) is 24.6 Å². The molecule has 2 N–H and O–H groups in total. The number of aromatic nitrogens is 1. The lowest BCUT2D eigenvalue weighted by molar-refractivity contribution is -0.141. The zero-order valence-corrected chi connectivity index (χ0v) is 18.7. The number of nitrogens with one attached hydrogen (secondary N) is 2. The van der Waals surface area contributed by atoms with E-state index in [4.69, 9.17) is 0 Å². The first kappa shape index (κ1) is 26.1. The second-order valence-corrected chi connectivity index (χ2v) is 7.72. The lowest BCUT2D eigenvalue weighted by atomic mass is 9.96. The number of benzene rings is 2. The van der Waals surface area contributed by atoms with E-state index in [1.807, 2.05) is 6.07 Å². The van der Waals surface area contributed by atoms with Crippen molar-refractivity contribution >= 4 is 5.91 Å². The van der Waals surface area contributed by atoms with Gasteiger partial charge < -0.3 is 10.1 Å². The summed E-state index contributed by atoms with van der Waals surface area (Å²) in [7, 11) is 1.50. The van der Waals surface area contributed by atoms with Gasteiger partial charge in [-0.3, -0.25) is 15.1 Å². The molecule has 35 heavy (non-hydrogen) atoms. The molecule has 3 rings (SSSR count). The van der Waals surface area contributed by atoms with Gasteiger partial charge in [0.15, 0.2) is 0 Å². The normalized spacial score (nSPS) is 13.3. The van der Waals surface area contributed by atoms with Crippen LogP contribution in [-0.2, 0) is 17.4 Å². The fourth-order valence-corrected chi connectivity index (χ4v) is 3.62. The second kappa shape index (κ2) is 11.7. The molecule has 0 saturated carbocycles. The van der Waals surface area contributed by atoms with Gasteiger partial charge in [0.1, 0.15) is 17.5 Å². The molecule has 0 unspecified atom stereocenters. The average molecular weight is 493 g/mol. The summed E-state index contributed by atoms with van der Waals surface area (Å²) in [6.45, 7) is -3.00. The van der Waals surface area contributed by atoms with E-state index in [0.717, 1.165) is 12.3 Å². The lowest BCUT2D eigenvalue weighted by Crippen LogP contribution is -2.38. The number of nitrogens with zero attached hydrogens (tertiary/aromatic N) is 1. The Morgan fingerprint density at radius 1 is 1.00 bits per heavy atom. The van der Waals surface area contributed by atoms with E-state index < -0.39 is 30.6 Å². The molecule has 1 aromatic heterocycles. The van der Waals surface area contributed by atoms with Crippen molar-refractivity contribution in [3.05, 3.63) is 95.3 Å². The molecule has 2 aromatic carbocycles. The summed E-state index contributed by atoms with van der Waals surface area (Å²) in [4.78, 5) is 16.2. The predicted molar refractivity (Wildman–Crippen MR) is 120 cm³/mol. The highest BCUT2D eigenvalue weighted by Crippen LogP contribution is 2.29. The predicted octanol–water partition coefficient (Wildman–Crippen LogP) is 5.45. The molecule has 0 fully saturated rings. The number of carbonyl (C=O) groups is 1. The zero-order chi connectivity index (χ0) is 25.4.